The minimum atomic E-state index is -4.47. The van der Waals surface area contributed by atoms with E-state index in [9.17, 15) is 18.0 Å². The number of alkyl halides is 3. The van der Waals surface area contributed by atoms with Crippen LogP contribution in [0, 0.1) is 5.92 Å². The lowest BCUT2D eigenvalue weighted by Gasteiger charge is -2.27. The number of amides is 1. The summed E-state index contributed by atoms with van der Waals surface area (Å²) < 4.78 is 40.4. The Balaban J connectivity index is 1.61. The number of carbonyl (C=O) groups is 1. The summed E-state index contributed by atoms with van der Waals surface area (Å²) in [6.45, 7) is 0. The molecule has 2 atom stereocenters. The molecule has 29 heavy (non-hydrogen) atoms. The van der Waals surface area contributed by atoms with Crippen molar-refractivity contribution in [3.63, 3.8) is 0 Å². The summed E-state index contributed by atoms with van der Waals surface area (Å²) in [5.74, 6) is -0.0510. The van der Waals surface area contributed by atoms with Gasteiger partial charge in [0.15, 0.2) is 0 Å². The normalized spacial score (nSPS) is 21.2. The predicted molar refractivity (Wildman–Crippen MR) is 108 cm³/mol. The minimum absolute atomic E-state index is 0.107. The molecule has 2 unspecified atom stereocenters. The van der Waals surface area contributed by atoms with Crippen LogP contribution < -0.4 is 11.1 Å². The van der Waals surface area contributed by atoms with Crippen LogP contribution in [-0.4, -0.2) is 11.9 Å². The van der Waals surface area contributed by atoms with Gasteiger partial charge in [-0.2, -0.15) is 13.2 Å². The van der Waals surface area contributed by atoms with Crippen LogP contribution in [-0.2, 0) is 17.4 Å². The standard InChI is InChI=1S/C22H23F3N2OS/c23-22(24,25)15-11-18(27-21(28)9-13-4-3-6-16(26)8-13)17-10-14-5-1-2-7-19(14)29-20(17)12-15/h1-2,5,7,11-13,16H,3-4,6,8-10,26H2,(H,27,28). The Kier molecular flexibility index (Phi) is 5.62. The first kappa shape index (κ1) is 20.3. The van der Waals surface area contributed by atoms with Crippen molar-refractivity contribution in [1.29, 1.82) is 0 Å². The lowest BCUT2D eigenvalue weighted by molar-refractivity contribution is -0.137. The van der Waals surface area contributed by atoms with Crippen molar-refractivity contribution in [3.05, 3.63) is 53.1 Å². The smallest absolute Gasteiger partial charge is 0.328 e. The van der Waals surface area contributed by atoms with Crippen molar-refractivity contribution >= 4 is 23.4 Å². The molecule has 0 saturated heterocycles. The number of rotatable bonds is 3. The van der Waals surface area contributed by atoms with E-state index in [0.29, 0.717) is 17.7 Å². The highest BCUT2D eigenvalue weighted by atomic mass is 32.2. The summed E-state index contributed by atoms with van der Waals surface area (Å²) in [6, 6.07) is 10.0. The number of benzene rings is 2. The summed E-state index contributed by atoms with van der Waals surface area (Å²) in [5, 5.41) is 2.78. The topological polar surface area (TPSA) is 55.1 Å². The number of nitrogens with two attached hydrogens (primary N) is 1. The summed E-state index contributed by atoms with van der Waals surface area (Å²) >= 11 is 1.32. The van der Waals surface area contributed by atoms with Crippen LogP contribution in [0.5, 0.6) is 0 Å². The van der Waals surface area contributed by atoms with Gasteiger partial charge in [0.2, 0.25) is 5.91 Å². The lowest BCUT2D eigenvalue weighted by atomic mass is 9.84. The fourth-order valence-electron chi connectivity index (χ4n) is 4.23. The van der Waals surface area contributed by atoms with Gasteiger partial charge in [0.05, 0.1) is 5.56 Å². The Bertz CT molecular complexity index is 929. The number of halogens is 3. The quantitative estimate of drug-likeness (QED) is 0.579. The first-order chi connectivity index (χ1) is 13.8. The zero-order chi connectivity index (χ0) is 20.6. The number of hydrogen-bond acceptors (Lipinski definition) is 3. The van der Waals surface area contributed by atoms with Gasteiger partial charge < -0.3 is 11.1 Å². The molecule has 2 aromatic carbocycles. The van der Waals surface area contributed by atoms with Gasteiger partial charge >= 0.3 is 6.18 Å². The van der Waals surface area contributed by atoms with E-state index in [4.69, 9.17) is 5.73 Å². The minimum Gasteiger partial charge on any atom is -0.328 e. The molecule has 1 fully saturated rings. The third-order valence-corrected chi connectivity index (χ3v) is 6.87. The van der Waals surface area contributed by atoms with Gasteiger partial charge in [-0.3, -0.25) is 4.79 Å². The van der Waals surface area contributed by atoms with Crippen molar-refractivity contribution < 1.29 is 18.0 Å². The van der Waals surface area contributed by atoms with Gasteiger partial charge in [-0.25, -0.2) is 0 Å². The molecule has 1 aliphatic carbocycles. The van der Waals surface area contributed by atoms with E-state index in [1.54, 1.807) is 0 Å². The monoisotopic (exact) mass is 420 g/mol. The van der Waals surface area contributed by atoms with Crippen LogP contribution in [0.4, 0.5) is 18.9 Å². The van der Waals surface area contributed by atoms with Crippen molar-refractivity contribution in [2.75, 3.05) is 5.32 Å². The Morgan fingerprint density at radius 3 is 2.72 bits per heavy atom. The third-order valence-electron chi connectivity index (χ3n) is 5.67. The number of nitrogens with one attached hydrogen (secondary N) is 1. The number of hydrogen-bond donors (Lipinski definition) is 2. The number of carbonyl (C=O) groups excluding carboxylic acids is 1. The first-order valence-corrected chi connectivity index (χ1v) is 10.7. The van der Waals surface area contributed by atoms with Crippen LogP contribution in [0.15, 0.2) is 46.2 Å². The van der Waals surface area contributed by atoms with Crippen LogP contribution in [0.2, 0.25) is 0 Å². The highest BCUT2D eigenvalue weighted by Crippen LogP contribution is 2.45. The molecule has 0 bridgehead atoms. The zero-order valence-corrected chi connectivity index (χ0v) is 16.7. The van der Waals surface area contributed by atoms with E-state index >= 15 is 0 Å². The average molecular weight is 421 g/mol. The summed E-state index contributed by atoms with van der Waals surface area (Å²) in [5.41, 5.74) is 7.33. The Labute approximate surface area is 172 Å². The average Bonchev–Trinajstić information content (AvgIpc) is 2.65. The Morgan fingerprint density at radius 2 is 1.97 bits per heavy atom. The van der Waals surface area contributed by atoms with Gasteiger partial charge in [-0.15, -0.1) is 0 Å². The second kappa shape index (κ2) is 8.03. The Morgan fingerprint density at radius 1 is 1.17 bits per heavy atom. The molecule has 1 amide bonds. The molecule has 2 aliphatic rings. The lowest BCUT2D eigenvalue weighted by Crippen LogP contribution is -2.30. The molecule has 7 heteroatoms. The molecule has 0 radical (unpaired) electrons. The molecular formula is C22H23F3N2OS. The molecule has 2 aromatic rings. The van der Waals surface area contributed by atoms with Crippen LogP contribution in [0.3, 0.4) is 0 Å². The molecular weight excluding hydrogens is 397 g/mol. The van der Waals surface area contributed by atoms with Gasteiger partial charge in [0.1, 0.15) is 0 Å². The fraction of sp³-hybridized carbons (Fsp3) is 0.409. The van der Waals surface area contributed by atoms with Gasteiger partial charge in [-0.05, 0) is 54.5 Å². The second-order valence-electron chi connectivity index (χ2n) is 7.93. The maximum Gasteiger partial charge on any atom is 0.416 e. The van der Waals surface area contributed by atoms with Crippen molar-refractivity contribution in [2.24, 2.45) is 11.7 Å². The summed E-state index contributed by atoms with van der Waals surface area (Å²) in [4.78, 5) is 14.1. The van der Waals surface area contributed by atoms with Crippen molar-refractivity contribution in [1.82, 2.24) is 0 Å². The molecule has 0 spiro atoms. The molecule has 3 N–H and O–H groups in total. The Hall–Kier alpha value is -1.99. The fourth-order valence-corrected chi connectivity index (χ4v) is 5.38. The predicted octanol–water partition coefficient (Wildman–Crippen LogP) is 5.61. The molecule has 1 saturated carbocycles. The number of anilines is 1. The van der Waals surface area contributed by atoms with E-state index < -0.39 is 11.7 Å². The highest BCUT2D eigenvalue weighted by Gasteiger charge is 2.34. The molecule has 1 heterocycles. The summed E-state index contributed by atoms with van der Waals surface area (Å²) in [7, 11) is 0. The molecule has 4 rings (SSSR count). The van der Waals surface area contributed by atoms with Crippen LogP contribution >= 0.6 is 11.8 Å². The molecule has 0 aromatic heterocycles. The summed E-state index contributed by atoms with van der Waals surface area (Å²) in [6.07, 6.45) is 0.00888. The highest BCUT2D eigenvalue weighted by molar-refractivity contribution is 7.99. The van der Waals surface area contributed by atoms with Gasteiger partial charge in [0.25, 0.3) is 0 Å². The van der Waals surface area contributed by atoms with E-state index in [1.807, 2.05) is 24.3 Å². The van der Waals surface area contributed by atoms with E-state index in [0.717, 1.165) is 47.8 Å². The van der Waals surface area contributed by atoms with E-state index in [-0.39, 0.29) is 23.6 Å². The largest absolute Gasteiger partial charge is 0.416 e. The van der Waals surface area contributed by atoms with Crippen molar-refractivity contribution in [3.8, 4) is 0 Å². The zero-order valence-electron chi connectivity index (χ0n) is 15.9. The van der Waals surface area contributed by atoms with Crippen LogP contribution in [0.25, 0.3) is 0 Å². The maximum absolute atomic E-state index is 13.5. The SMILES string of the molecule is NC1CCCC(CC(=O)Nc2cc(C(F)(F)F)cc3c2Cc2ccccc2S3)C1. The maximum atomic E-state index is 13.5. The number of fused-ring (bicyclic) bond motifs is 2. The third kappa shape index (κ3) is 4.61. The molecule has 1 aliphatic heterocycles. The second-order valence-corrected chi connectivity index (χ2v) is 9.01. The van der Waals surface area contributed by atoms with Gasteiger partial charge in [0, 0.05) is 34.4 Å². The van der Waals surface area contributed by atoms with Crippen LogP contribution in [0.1, 0.15) is 48.8 Å². The molecule has 3 nitrogen and oxygen atoms in total. The first-order valence-electron chi connectivity index (χ1n) is 9.85. The van der Waals surface area contributed by atoms with E-state index in [1.165, 1.54) is 17.8 Å². The van der Waals surface area contributed by atoms with E-state index in [2.05, 4.69) is 5.32 Å². The van der Waals surface area contributed by atoms with Crippen molar-refractivity contribution in [2.45, 2.75) is 60.5 Å². The molecule has 154 valence electrons. The van der Waals surface area contributed by atoms with Gasteiger partial charge in [-0.1, -0.05) is 36.4 Å².